The van der Waals surface area contributed by atoms with E-state index in [2.05, 4.69) is 6.07 Å². The van der Waals surface area contributed by atoms with Crippen molar-refractivity contribution in [2.24, 2.45) is 5.73 Å². The molecule has 19 heavy (non-hydrogen) atoms. The molecule has 0 aromatic heterocycles. The Morgan fingerprint density at radius 3 is 2.53 bits per heavy atom. The largest absolute Gasteiger partial charge is 0.507 e. The number of phenolic OH excluding ortho intramolecular Hbond substituents is 1. The first-order valence-corrected chi connectivity index (χ1v) is 7.76. The molecule has 2 aromatic carbocycles. The topological polar surface area (TPSA) is 46.2 Å². The zero-order chi connectivity index (χ0) is 13.2. The molecule has 2 nitrogen and oxygen atoms in total. The van der Waals surface area contributed by atoms with Gasteiger partial charge in [-0.3, -0.25) is 0 Å². The van der Waals surface area contributed by atoms with E-state index in [4.69, 9.17) is 5.73 Å². The van der Waals surface area contributed by atoms with Gasteiger partial charge >= 0.3 is 0 Å². The van der Waals surface area contributed by atoms with Crippen LogP contribution in [-0.2, 0) is 0 Å². The van der Waals surface area contributed by atoms with Gasteiger partial charge in [0, 0.05) is 21.6 Å². The molecule has 1 aliphatic carbocycles. The van der Waals surface area contributed by atoms with Crippen LogP contribution in [0.2, 0.25) is 0 Å². The van der Waals surface area contributed by atoms with Gasteiger partial charge in [-0.25, -0.2) is 0 Å². The standard InChI is InChI=1S/C16H19NOS/c17-13-7-3-4-8-16(13)19-15-10-9-14(18)11-5-1-2-6-12(11)15/h1-2,5-6,9-10,13,16,18H,3-4,7-8,17H2. The van der Waals surface area contributed by atoms with Gasteiger partial charge in [0.05, 0.1) is 0 Å². The summed E-state index contributed by atoms with van der Waals surface area (Å²) < 4.78 is 0. The fourth-order valence-corrected chi connectivity index (χ4v) is 4.17. The maximum absolute atomic E-state index is 9.92. The van der Waals surface area contributed by atoms with Crippen LogP contribution in [-0.4, -0.2) is 16.4 Å². The highest BCUT2D eigenvalue weighted by molar-refractivity contribution is 8.00. The van der Waals surface area contributed by atoms with E-state index in [-0.39, 0.29) is 0 Å². The minimum absolute atomic E-state index is 0.298. The Morgan fingerprint density at radius 1 is 1.00 bits per heavy atom. The monoisotopic (exact) mass is 273 g/mol. The highest BCUT2D eigenvalue weighted by Gasteiger charge is 2.23. The van der Waals surface area contributed by atoms with E-state index in [9.17, 15) is 5.11 Å². The molecule has 1 fully saturated rings. The Labute approximate surface area is 118 Å². The van der Waals surface area contributed by atoms with E-state index in [1.54, 1.807) is 6.07 Å². The normalized spacial score (nSPS) is 23.6. The molecule has 1 aliphatic rings. The van der Waals surface area contributed by atoms with Crippen molar-refractivity contribution >= 4 is 22.5 Å². The molecule has 1 saturated carbocycles. The van der Waals surface area contributed by atoms with E-state index >= 15 is 0 Å². The second-order valence-electron chi connectivity index (χ2n) is 5.23. The molecule has 0 radical (unpaired) electrons. The smallest absolute Gasteiger partial charge is 0.123 e. The predicted molar refractivity (Wildman–Crippen MR) is 81.7 cm³/mol. The van der Waals surface area contributed by atoms with Gasteiger partial charge in [0.2, 0.25) is 0 Å². The number of nitrogens with two attached hydrogens (primary N) is 1. The first kappa shape index (κ1) is 12.8. The van der Waals surface area contributed by atoms with Crippen LogP contribution in [0.15, 0.2) is 41.3 Å². The Morgan fingerprint density at radius 2 is 1.74 bits per heavy atom. The number of hydrogen-bond donors (Lipinski definition) is 2. The molecular weight excluding hydrogens is 254 g/mol. The minimum atomic E-state index is 0.298. The second kappa shape index (κ2) is 5.43. The van der Waals surface area contributed by atoms with Crippen molar-refractivity contribution < 1.29 is 5.11 Å². The fourth-order valence-electron chi connectivity index (χ4n) is 2.79. The molecule has 0 heterocycles. The van der Waals surface area contributed by atoms with E-state index in [0.717, 1.165) is 17.2 Å². The lowest BCUT2D eigenvalue weighted by atomic mass is 9.96. The molecule has 3 rings (SSSR count). The Hall–Kier alpha value is -1.19. The third-order valence-corrected chi connectivity index (χ3v) is 5.39. The first-order valence-electron chi connectivity index (χ1n) is 6.88. The average molecular weight is 273 g/mol. The number of phenols is 1. The van der Waals surface area contributed by atoms with Crippen LogP contribution in [0.4, 0.5) is 0 Å². The minimum Gasteiger partial charge on any atom is -0.507 e. The van der Waals surface area contributed by atoms with Crippen molar-refractivity contribution in [2.75, 3.05) is 0 Å². The summed E-state index contributed by atoms with van der Waals surface area (Å²) in [6, 6.07) is 12.1. The van der Waals surface area contributed by atoms with Crippen LogP contribution >= 0.6 is 11.8 Å². The first-order chi connectivity index (χ1) is 9.25. The summed E-state index contributed by atoms with van der Waals surface area (Å²) in [5.41, 5.74) is 6.23. The zero-order valence-electron chi connectivity index (χ0n) is 10.9. The molecule has 0 amide bonds. The van der Waals surface area contributed by atoms with Crippen LogP contribution < -0.4 is 5.73 Å². The Kier molecular flexibility index (Phi) is 3.67. The molecular formula is C16H19NOS. The van der Waals surface area contributed by atoms with Crippen molar-refractivity contribution in [3.63, 3.8) is 0 Å². The maximum atomic E-state index is 9.92. The lowest BCUT2D eigenvalue weighted by Crippen LogP contribution is -2.35. The number of fused-ring (bicyclic) bond motifs is 1. The van der Waals surface area contributed by atoms with Gasteiger partial charge in [0.15, 0.2) is 0 Å². The van der Waals surface area contributed by atoms with Gasteiger partial charge in [0.25, 0.3) is 0 Å². The molecule has 3 heteroatoms. The zero-order valence-corrected chi connectivity index (χ0v) is 11.7. The summed E-state index contributed by atoms with van der Waals surface area (Å²) in [4.78, 5) is 1.23. The summed E-state index contributed by atoms with van der Waals surface area (Å²) in [6.07, 6.45) is 4.87. The molecule has 0 bridgehead atoms. The van der Waals surface area contributed by atoms with Crippen LogP contribution in [0.1, 0.15) is 25.7 Å². The van der Waals surface area contributed by atoms with Crippen molar-refractivity contribution in [2.45, 2.75) is 41.9 Å². The molecule has 2 aromatic rings. The third-order valence-electron chi connectivity index (χ3n) is 3.89. The van der Waals surface area contributed by atoms with Crippen molar-refractivity contribution in [1.29, 1.82) is 0 Å². The summed E-state index contributed by atoms with van der Waals surface area (Å²) in [5, 5.41) is 12.5. The second-order valence-corrected chi connectivity index (χ2v) is 6.51. The fraction of sp³-hybridized carbons (Fsp3) is 0.375. The quantitative estimate of drug-likeness (QED) is 0.872. The molecule has 2 unspecified atom stereocenters. The van der Waals surface area contributed by atoms with Crippen molar-refractivity contribution in [1.82, 2.24) is 0 Å². The van der Waals surface area contributed by atoms with Crippen LogP contribution in [0.5, 0.6) is 5.75 Å². The maximum Gasteiger partial charge on any atom is 0.123 e. The van der Waals surface area contributed by atoms with E-state index < -0.39 is 0 Å². The predicted octanol–water partition coefficient (Wildman–Crippen LogP) is 3.91. The molecule has 100 valence electrons. The lowest BCUT2D eigenvalue weighted by molar-refractivity contribution is 0.453. The average Bonchev–Trinajstić information content (AvgIpc) is 2.44. The Balaban J connectivity index is 1.94. The van der Waals surface area contributed by atoms with Gasteiger partial charge in [-0.05, 0) is 30.4 Å². The Bertz CT molecular complexity index is 584. The summed E-state index contributed by atoms with van der Waals surface area (Å²) in [7, 11) is 0. The van der Waals surface area contributed by atoms with E-state index in [0.29, 0.717) is 17.0 Å². The number of rotatable bonds is 2. The number of aromatic hydroxyl groups is 1. The SMILES string of the molecule is NC1CCCCC1Sc1ccc(O)c2ccccc12. The summed E-state index contributed by atoms with van der Waals surface area (Å²) in [6.45, 7) is 0. The molecule has 2 atom stereocenters. The lowest BCUT2D eigenvalue weighted by Gasteiger charge is -2.28. The van der Waals surface area contributed by atoms with Crippen LogP contribution in [0, 0.1) is 0 Å². The molecule has 0 spiro atoms. The van der Waals surface area contributed by atoms with Gasteiger partial charge in [-0.1, -0.05) is 37.1 Å². The highest BCUT2D eigenvalue weighted by atomic mass is 32.2. The van der Waals surface area contributed by atoms with Gasteiger partial charge in [-0.15, -0.1) is 11.8 Å². The van der Waals surface area contributed by atoms with Crippen molar-refractivity contribution in [3.05, 3.63) is 36.4 Å². The molecule has 0 aliphatic heterocycles. The summed E-state index contributed by atoms with van der Waals surface area (Å²) >= 11 is 1.87. The molecule has 0 saturated heterocycles. The number of benzene rings is 2. The van der Waals surface area contributed by atoms with E-state index in [1.807, 2.05) is 36.0 Å². The van der Waals surface area contributed by atoms with Gasteiger partial charge in [-0.2, -0.15) is 0 Å². The van der Waals surface area contributed by atoms with Crippen LogP contribution in [0.3, 0.4) is 0 Å². The van der Waals surface area contributed by atoms with Gasteiger partial charge in [0.1, 0.15) is 5.75 Å². The summed E-state index contributed by atoms with van der Waals surface area (Å²) in [5.74, 6) is 0.355. The highest BCUT2D eigenvalue weighted by Crippen LogP contribution is 2.38. The van der Waals surface area contributed by atoms with Gasteiger partial charge < -0.3 is 10.8 Å². The van der Waals surface area contributed by atoms with Crippen molar-refractivity contribution in [3.8, 4) is 5.75 Å². The third kappa shape index (κ3) is 2.58. The number of hydrogen-bond acceptors (Lipinski definition) is 3. The van der Waals surface area contributed by atoms with Crippen LogP contribution in [0.25, 0.3) is 10.8 Å². The van der Waals surface area contributed by atoms with E-state index in [1.165, 1.54) is 24.2 Å². The number of thioether (sulfide) groups is 1. The molecule has 3 N–H and O–H groups in total.